The van der Waals surface area contributed by atoms with Crippen molar-refractivity contribution in [2.45, 2.75) is 45.1 Å². The predicted octanol–water partition coefficient (Wildman–Crippen LogP) is 4.50. The molecule has 1 aromatic carbocycles. The number of hydrogen-bond acceptors (Lipinski definition) is 6. The lowest BCUT2D eigenvalue weighted by Crippen LogP contribution is -2.41. The van der Waals surface area contributed by atoms with Gasteiger partial charge in [0.1, 0.15) is 5.75 Å². The minimum absolute atomic E-state index is 0.223. The molecule has 0 saturated carbocycles. The van der Waals surface area contributed by atoms with Crippen LogP contribution in [0.3, 0.4) is 0 Å². The molecule has 1 N–H and O–H groups in total. The van der Waals surface area contributed by atoms with Gasteiger partial charge in [0.2, 0.25) is 0 Å². The van der Waals surface area contributed by atoms with Crippen molar-refractivity contribution in [2.75, 3.05) is 19.6 Å². The molecule has 0 aliphatic heterocycles. The lowest BCUT2D eigenvalue weighted by Gasteiger charge is -2.35. The van der Waals surface area contributed by atoms with Crippen molar-refractivity contribution in [3.63, 3.8) is 0 Å². The maximum atomic E-state index is 11.7. The van der Waals surface area contributed by atoms with E-state index in [1.165, 1.54) is 10.4 Å². The SMILES string of the molecule is CCCN(CCc1cccs1)C1CCc2c(cccc2OC(=O)CN=N)C1. The Morgan fingerprint density at radius 3 is 2.96 bits per heavy atom. The summed E-state index contributed by atoms with van der Waals surface area (Å²) < 4.78 is 5.43. The highest BCUT2D eigenvalue weighted by Crippen LogP contribution is 2.32. The van der Waals surface area contributed by atoms with Gasteiger partial charge in [-0.1, -0.05) is 25.1 Å². The molecule has 1 heterocycles. The van der Waals surface area contributed by atoms with Crippen molar-refractivity contribution in [3.8, 4) is 5.75 Å². The van der Waals surface area contributed by atoms with Crippen LogP contribution in [0.4, 0.5) is 0 Å². The summed E-state index contributed by atoms with van der Waals surface area (Å²) in [7, 11) is 0. The zero-order valence-corrected chi connectivity index (χ0v) is 16.6. The van der Waals surface area contributed by atoms with Gasteiger partial charge < -0.3 is 4.74 Å². The fraction of sp³-hybridized carbons (Fsp3) is 0.476. The van der Waals surface area contributed by atoms with Gasteiger partial charge in [-0.2, -0.15) is 5.11 Å². The smallest absolute Gasteiger partial charge is 0.335 e. The minimum atomic E-state index is -0.468. The number of hydrogen-bond donors (Lipinski definition) is 1. The zero-order chi connectivity index (χ0) is 19.1. The number of thiophene rings is 1. The van der Waals surface area contributed by atoms with Crippen LogP contribution in [0.25, 0.3) is 0 Å². The van der Waals surface area contributed by atoms with E-state index in [4.69, 9.17) is 10.3 Å². The molecule has 0 bridgehead atoms. The summed E-state index contributed by atoms with van der Waals surface area (Å²) in [5.41, 5.74) is 9.23. The van der Waals surface area contributed by atoms with Crippen molar-refractivity contribution in [1.29, 1.82) is 5.53 Å². The molecular weight excluding hydrogens is 358 g/mol. The van der Waals surface area contributed by atoms with Crippen LogP contribution in [0.2, 0.25) is 0 Å². The highest BCUT2D eigenvalue weighted by Gasteiger charge is 2.26. The fourth-order valence-electron chi connectivity index (χ4n) is 3.85. The Kier molecular flexibility index (Phi) is 7.12. The number of fused-ring (bicyclic) bond motifs is 1. The lowest BCUT2D eigenvalue weighted by atomic mass is 9.86. The van der Waals surface area contributed by atoms with E-state index in [0.29, 0.717) is 11.8 Å². The standard InChI is InChI=1S/C21H27N3O2S/c1-2-11-24(12-10-18-6-4-13-27-18)17-8-9-19-16(14-17)5-3-7-20(19)26-21(25)15-23-22/h3-7,13,17,22H,2,8-12,14-15H2,1H3. The molecule has 1 aliphatic rings. The quantitative estimate of drug-likeness (QED) is 0.393. The zero-order valence-electron chi connectivity index (χ0n) is 15.8. The van der Waals surface area contributed by atoms with Crippen molar-refractivity contribution in [1.82, 2.24) is 4.90 Å². The van der Waals surface area contributed by atoms with Gasteiger partial charge in [-0.05, 0) is 67.3 Å². The fourth-order valence-corrected chi connectivity index (χ4v) is 4.55. The Bertz CT molecular complexity index is 761. The largest absolute Gasteiger partial charge is 0.425 e. The van der Waals surface area contributed by atoms with E-state index < -0.39 is 5.97 Å². The van der Waals surface area contributed by atoms with Crippen molar-refractivity contribution >= 4 is 17.3 Å². The van der Waals surface area contributed by atoms with Gasteiger partial charge in [-0.3, -0.25) is 4.90 Å². The Morgan fingerprint density at radius 1 is 1.33 bits per heavy atom. The Balaban J connectivity index is 1.68. The lowest BCUT2D eigenvalue weighted by molar-refractivity contribution is -0.132. The van der Waals surface area contributed by atoms with E-state index in [-0.39, 0.29) is 6.54 Å². The highest BCUT2D eigenvalue weighted by molar-refractivity contribution is 7.09. The second-order valence-electron chi connectivity index (χ2n) is 6.95. The molecule has 3 rings (SSSR count). The first-order valence-corrected chi connectivity index (χ1v) is 10.5. The maximum absolute atomic E-state index is 11.7. The van der Waals surface area contributed by atoms with Crippen molar-refractivity contribution < 1.29 is 9.53 Å². The summed E-state index contributed by atoms with van der Waals surface area (Å²) in [6.45, 7) is 4.22. The van der Waals surface area contributed by atoms with E-state index in [9.17, 15) is 4.79 Å². The molecule has 0 saturated heterocycles. The number of esters is 1. The molecular formula is C21H27N3O2S. The number of carbonyl (C=O) groups is 1. The van der Waals surface area contributed by atoms with Gasteiger partial charge in [-0.25, -0.2) is 10.3 Å². The molecule has 2 aromatic rings. The second-order valence-corrected chi connectivity index (χ2v) is 7.98. The number of rotatable bonds is 9. The van der Waals surface area contributed by atoms with E-state index in [0.717, 1.165) is 50.8 Å². The first-order chi connectivity index (χ1) is 13.2. The summed E-state index contributed by atoms with van der Waals surface area (Å²) in [4.78, 5) is 15.8. The molecule has 5 nitrogen and oxygen atoms in total. The van der Waals surface area contributed by atoms with Gasteiger partial charge in [0.15, 0.2) is 6.54 Å². The van der Waals surface area contributed by atoms with Crippen LogP contribution in [-0.4, -0.2) is 36.5 Å². The topological polar surface area (TPSA) is 65.8 Å². The molecule has 1 atom stereocenters. The van der Waals surface area contributed by atoms with Gasteiger partial charge in [0.25, 0.3) is 0 Å². The van der Waals surface area contributed by atoms with Crippen LogP contribution in [0.15, 0.2) is 40.8 Å². The summed E-state index contributed by atoms with van der Waals surface area (Å²) in [6.07, 6.45) is 5.25. The second kappa shape index (κ2) is 9.76. The van der Waals surface area contributed by atoms with Crippen LogP contribution in [0.5, 0.6) is 5.75 Å². The monoisotopic (exact) mass is 385 g/mol. The number of ether oxygens (including phenoxy) is 1. The Morgan fingerprint density at radius 2 is 2.22 bits per heavy atom. The van der Waals surface area contributed by atoms with Crippen molar-refractivity contribution in [3.05, 3.63) is 51.7 Å². The first kappa shape index (κ1) is 19.7. The molecule has 1 aromatic heterocycles. The normalized spacial score (nSPS) is 16.1. The summed E-state index contributed by atoms with van der Waals surface area (Å²) >= 11 is 1.83. The summed E-state index contributed by atoms with van der Waals surface area (Å²) in [5, 5.41) is 5.26. The highest BCUT2D eigenvalue weighted by atomic mass is 32.1. The molecule has 1 aliphatic carbocycles. The van der Waals surface area contributed by atoms with E-state index in [1.807, 2.05) is 23.5 Å². The van der Waals surface area contributed by atoms with E-state index in [2.05, 4.69) is 40.5 Å². The van der Waals surface area contributed by atoms with Crippen LogP contribution in [-0.2, 0) is 24.1 Å². The molecule has 27 heavy (non-hydrogen) atoms. The number of nitrogens with zero attached hydrogens (tertiary/aromatic N) is 2. The van der Waals surface area contributed by atoms with Crippen LogP contribution < -0.4 is 4.74 Å². The number of carbonyl (C=O) groups excluding carboxylic acids is 1. The third-order valence-corrected chi connectivity index (χ3v) is 6.03. The molecule has 6 heteroatoms. The Labute approximate surface area is 164 Å². The molecule has 0 fully saturated rings. The van der Waals surface area contributed by atoms with Gasteiger partial charge >= 0.3 is 5.97 Å². The van der Waals surface area contributed by atoms with Gasteiger partial charge in [-0.15, -0.1) is 11.3 Å². The molecule has 0 amide bonds. The maximum Gasteiger partial charge on any atom is 0.335 e. The molecule has 0 radical (unpaired) electrons. The van der Waals surface area contributed by atoms with Crippen LogP contribution in [0, 0.1) is 5.53 Å². The third-order valence-electron chi connectivity index (χ3n) is 5.10. The summed E-state index contributed by atoms with van der Waals surface area (Å²) in [5.74, 6) is 0.171. The van der Waals surface area contributed by atoms with Gasteiger partial charge in [0.05, 0.1) is 0 Å². The number of nitrogens with one attached hydrogen (secondary N) is 1. The van der Waals surface area contributed by atoms with E-state index in [1.54, 1.807) is 0 Å². The molecule has 144 valence electrons. The Hall–Kier alpha value is -2.05. The predicted molar refractivity (Wildman–Crippen MR) is 108 cm³/mol. The van der Waals surface area contributed by atoms with Crippen LogP contribution >= 0.6 is 11.3 Å². The third kappa shape index (κ3) is 5.23. The summed E-state index contributed by atoms with van der Waals surface area (Å²) in [6, 6.07) is 10.8. The molecule has 1 unspecified atom stereocenters. The minimum Gasteiger partial charge on any atom is -0.425 e. The first-order valence-electron chi connectivity index (χ1n) is 9.62. The molecule has 0 spiro atoms. The average Bonchev–Trinajstić information content (AvgIpc) is 3.19. The van der Waals surface area contributed by atoms with Crippen molar-refractivity contribution in [2.24, 2.45) is 5.11 Å². The van der Waals surface area contributed by atoms with E-state index >= 15 is 0 Å². The van der Waals surface area contributed by atoms with Gasteiger partial charge in [0, 0.05) is 17.5 Å². The van der Waals surface area contributed by atoms with Crippen LogP contribution in [0.1, 0.15) is 35.8 Å². The number of benzene rings is 1. The average molecular weight is 386 g/mol.